The number of rotatable bonds is 2. The smallest absolute Gasteiger partial charge is 0.316 e. The molecular weight excluding hydrogens is 170 g/mol. The minimum atomic E-state index is 0.464. The number of aromatic nitrogens is 3. The van der Waals surface area contributed by atoms with Crippen molar-refractivity contribution in [1.29, 1.82) is 0 Å². The number of furan rings is 1. The van der Waals surface area contributed by atoms with E-state index in [1.807, 2.05) is 13.1 Å². The SMILES string of the molecule is COc1nnc(-c2ccco2)n1C. The Kier molecular flexibility index (Phi) is 1.77. The zero-order valence-corrected chi connectivity index (χ0v) is 7.39. The van der Waals surface area contributed by atoms with Crippen molar-refractivity contribution >= 4 is 0 Å². The number of methoxy groups -OCH3 is 1. The molecule has 0 saturated heterocycles. The fourth-order valence-electron chi connectivity index (χ4n) is 1.11. The number of nitrogens with zero attached hydrogens (tertiary/aromatic N) is 3. The van der Waals surface area contributed by atoms with Gasteiger partial charge in [0, 0.05) is 7.05 Å². The first kappa shape index (κ1) is 7.85. The summed E-state index contributed by atoms with van der Waals surface area (Å²) in [7, 11) is 3.37. The van der Waals surface area contributed by atoms with Crippen LogP contribution in [0.3, 0.4) is 0 Å². The van der Waals surface area contributed by atoms with Crippen molar-refractivity contribution in [2.24, 2.45) is 7.05 Å². The van der Waals surface area contributed by atoms with E-state index in [-0.39, 0.29) is 0 Å². The Morgan fingerprint density at radius 3 is 2.85 bits per heavy atom. The van der Waals surface area contributed by atoms with Gasteiger partial charge in [0.25, 0.3) is 0 Å². The Balaban J connectivity index is 2.48. The van der Waals surface area contributed by atoms with Crippen molar-refractivity contribution in [3.05, 3.63) is 18.4 Å². The largest absolute Gasteiger partial charge is 0.467 e. The highest BCUT2D eigenvalue weighted by Gasteiger charge is 2.12. The predicted molar refractivity (Wildman–Crippen MR) is 45.3 cm³/mol. The first-order chi connectivity index (χ1) is 6.33. The van der Waals surface area contributed by atoms with E-state index in [1.165, 1.54) is 0 Å². The van der Waals surface area contributed by atoms with E-state index in [2.05, 4.69) is 10.2 Å². The van der Waals surface area contributed by atoms with E-state index in [1.54, 1.807) is 24.0 Å². The lowest BCUT2D eigenvalue weighted by Gasteiger charge is -1.98. The molecule has 0 spiro atoms. The van der Waals surface area contributed by atoms with E-state index >= 15 is 0 Å². The highest BCUT2D eigenvalue weighted by Crippen LogP contribution is 2.19. The topological polar surface area (TPSA) is 53.1 Å². The van der Waals surface area contributed by atoms with Gasteiger partial charge in [0.1, 0.15) is 0 Å². The molecule has 2 aromatic rings. The fraction of sp³-hybridized carbons (Fsp3) is 0.250. The molecule has 2 aromatic heterocycles. The summed E-state index contributed by atoms with van der Waals surface area (Å²) in [6.07, 6.45) is 1.59. The van der Waals surface area contributed by atoms with Crippen LogP contribution in [0.25, 0.3) is 11.6 Å². The summed E-state index contributed by atoms with van der Waals surface area (Å²) >= 11 is 0. The molecule has 68 valence electrons. The average molecular weight is 179 g/mol. The molecule has 0 aromatic carbocycles. The summed E-state index contributed by atoms with van der Waals surface area (Å²) in [6, 6.07) is 4.09. The predicted octanol–water partition coefficient (Wildman–Crippen LogP) is 1.08. The number of hydrogen-bond acceptors (Lipinski definition) is 4. The van der Waals surface area contributed by atoms with Gasteiger partial charge in [-0.1, -0.05) is 5.10 Å². The number of ether oxygens (including phenoxy) is 1. The molecule has 0 bridgehead atoms. The van der Waals surface area contributed by atoms with Gasteiger partial charge in [-0.25, -0.2) is 0 Å². The van der Waals surface area contributed by atoms with Gasteiger partial charge >= 0.3 is 6.01 Å². The van der Waals surface area contributed by atoms with Crippen molar-refractivity contribution in [2.45, 2.75) is 0 Å². The zero-order valence-electron chi connectivity index (χ0n) is 7.39. The third-order valence-corrected chi connectivity index (χ3v) is 1.76. The monoisotopic (exact) mass is 179 g/mol. The lowest BCUT2D eigenvalue weighted by atomic mass is 10.4. The summed E-state index contributed by atoms with van der Waals surface area (Å²) in [5.74, 6) is 1.33. The van der Waals surface area contributed by atoms with Crippen LogP contribution in [-0.2, 0) is 7.05 Å². The van der Waals surface area contributed by atoms with Crippen molar-refractivity contribution in [3.63, 3.8) is 0 Å². The third kappa shape index (κ3) is 1.18. The molecule has 0 N–H and O–H groups in total. The van der Waals surface area contributed by atoms with E-state index in [9.17, 15) is 0 Å². The van der Waals surface area contributed by atoms with Gasteiger partial charge in [-0.05, 0) is 12.1 Å². The Bertz CT molecular complexity index is 391. The normalized spacial score (nSPS) is 10.3. The molecule has 13 heavy (non-hydrogen) atoms. The molecule has 0 aliphatic rings. The minimum absolute atomic E-state index is 0.464. The van der Waals surface area contributed by atoms with Gasteiger partial charge in [0.2, 0.25) is 5.82 Å². The molecule has 5 heteroatoms. The van der Waals surface area contributed by atoms with E-state index in [4.69, 9.17) is 9.15 Å². The van der Waals surface area contributed by atoms with Crippen LogP contribution in [0.1, 0.15) is 0 Å². The van der Waals surface area contributed by atoms with Crippen LogP contribution in [0, 0.1) is 0 Å². The van der Waals surface area contributed by atoms with Crippen molar-refractivity contribution < 1.29 is 9.15 Å². The van der Waals surface area contributed by atoms with E-state index in [0.29, 0.717) is 17.6 Å². The second kappa shape index (κ2) is 2.93. The highest BCUT2D eigenvalue weighted by molar-refractivity contribution is 5.46. The molecule has 5 nitrogen and oxygen atoms in total. The minimum Gasteiger partial charge on any atom is -0.467 e. The van der Waals surface area contributed by atoms with Gasteiger partial charge in [-0.15, -0.1) is 5.10 Å². The maximum atomic E-state index is 5.18. The van der Waals surface area contributed by atoms with Crippen LogP contribution in [0.5, 0.6) is 6.01 Å². The summed E-state index contributed by atoms with van der Waals surface area (Å²) < 4.78 is 11.9. The van der Waals surface area contributed by atoms with Crippen molar-refractivity contribution in [1.82, 2.24) is 14.8 Å². The van der Waals surface area contributed by atoms with Crippen molar-refractivity contribution in [3.8, 4) is 17.6 Å². The van der Waals surface area contributed by atoms with Crippen LogP contribution in [0.15, 0.2) is 22.8 Å². The molecule has 2 heterocycles. The lowest BCUT2D eigenvalue weighted by molar-refractivity contribution is 0.364. The third-order valence-electron chi connectivity index (χ3n) is 1.76. The van der Waals surface area contributed by atoms with Crippen LogP contribution in [-0.4, -0.2) is 21.9 Å². The summed E-state index contributed by atoms with van der Waals surface area (Å²) in [5.41, 5.74) is 0. The van der Waals surface area contributed by atoms with E-state index < -0.39 is 0 Å². The quantitative estimate of drug-likeness (QED) is 0.692. The Hall–Kier alpha value is -1.78. The average Bonchev–Trinajstić information content (AvgIpc) is 2.72. The fourth-order valence-corrected chi connectivity index (χ4v) is 1.11. The second-order valence-corrected chi connectivity index (χ2v) is 2.55. The Morgan fingerprint density at radius 1 is 1.46 bits per heavy atom. The second-order valence-electron chi connectivity index (χ2n) is 2.55. The summed E-state index contributed by atoms with van der Waals surface area (Å²) in [5, 5.41) is 7.74. The Morgan fingerprint density at radius 2 is 2.31 bits per heavy atom. The molecule has 2 rings (SSSR count). The molecule has 0 amide bonds. The molecule has 0 fully saturated rings. The molecule has 0 unspecified atom stereocenters. The van der Waals surface area contributed by atoms with Crippen LogP contribution >= 0.6 is 0 Å². The maximum Gasteiger partial charge on any atom is 0.316 e. The van der Waals surface area contributed by atoms with Gasteiger partial charge in [-0.3, -0.25) is 4.57 Å². The standard InChI is InChI=1S/C8H9N3O2/c1-11-7(6-4-3-5-13-6)9-10-8(11)12-2/h3-5H,1-2H3. The van der Waals surface area contributed by atoms with Gasteiger partial charge in [-0.2, -0.15) is 0 Å². The van der Waals surface area contributed by atoms with Crippen LogP contribution < -0.4 is 4.74 Å². The highest BCUT2D eigenvalue weighted by atomic mass is 16.5. The molecule has 0 aliphatic heterocycles. The summed E-state index contributed by atoms with van der Waals surface area (Å²) in [6.45, 7) is 0. The van der Waals surface area contributed by atoms with Crippen LogP contribution in [0.2, 0.25) is 0 Å². The van der Waals surface area contributed by atoms with Gasteiger partial charge < -0.3 is 9.15 Å². The molecule has 0 saturated carbocycles. The first-order valence-corrected chi connectivity index (χ1v) is 3.80. The molecule has 0 atom stereocenters. The Labute approximate surface area is 75.0 Å². The first-order valence-electron chi connectivity index (χ1n) is 3.80. The summed E-state index contributed by atoms with van der Waals surface area (Å²) in [4.78, 5) is 0. The lowest BCUT2D eigenvalue weighted by Crippen LogP contribution is -1.95. The van der Waals surface area contributed by atoms with E-state index in [0.717, 1.165) is 0 Å². The van der Waals surface area contributed by atoms with Crippen molar-refractivity contribution in [2.75, 3.05) is 7.11 Å². The zero-order chi connectivity index (χ0) is 9.26. The maximum absolute atomic E-state index is 5.18. The molecule has 0 radical (unpaired) electrons. The number of hydrogen-bond donors (Lipinski definition) is 0. The van der Waals surface area contributed by atoms with Gasteiger partial charge in [0.15, 0.2) is 5.76 Å². The molecule has 0 aliphatic carbocycles. The van der Waals surface area contributed by atoms with Gasteiger partial charge in [0.05, 0.1) is 13.4 Å². The van der Waals surface area contributed by atoms with Crippen LogP contribution in [0.4, 0.5) is 0 Å². The molecular formula is C8H9N3O2.